The van der Waals surface area contributed by atoms with Crippen molar-refractivity contribution in [2.45, 2.75) is 25.3 Å². The van der Waals surface area contributed by atoms with Gasteiger partial charge in [-0.3, -0.25) is 14.4 Å². The number of ether oxygens (including phenoxy) is 1. The maximum Gasteiger partial charge on any atom is 0.323 e. The van der Waals surface area contributed by atoms with Gasteiger partial charge in [0.1, 0.15) is 6.54 Å². The number of aliphatic carboxylic acids is 1. The van der Waals surface area contributed by atoms with Crippen LogP contribution in [0.15, 0.2) is 24.3 Å². The highest BCUT2D eigenvalue weighted by atomic mass is 35.5. The van der Waals surface area contributed by atoms with Gasteiger partial charge in [0.15, 0.2) is 0 Å². The molecule has 3 rings (SSSR count). The molecule has 1 unspecified atom stereocenters. The van der Waals surface area contributed by atoms with Crippen LogP contribution in [-0.2, 0) is 19.1 Å². The summed E-state index contributed by atoms with van der Waals surface area (Å²) in [6.45, 7) is 0.914. The van der Waals surface area contributed by atoms with Crippen LogP contribution in [0.1, 0.15) is 19.3 Å². The van der Waals surface area contributed by atoms with E-state index in [1.165, 1.54) is 4.90 Å². The molecule has 1 atom stereocenters. The number of hydrogen-bond acceptors (Lipinski definition) is 4. The van der Waals surface area contributed by atoms with E-state index in [4.69, 9.17) is 16.3 Å². The normalized spacial score (nSPS) is 21.0. The molecule has 2 amide bonds. The van der Waals surface area contributed by atoms with Gasteiger partial charge in [-0.1, -0.05) is 11.6 Å². The van der Waals surface area contributed by atoms with Crippen molar-refractivity contribution in [1.29, 1.82) is 0 Å². The molecule has 26 heavy (non-hydrogen) atoms. The average Bonchev–Trinajstić information content (AvgIpc) is 3.02. The van der Waals surface area contributed by atoms with Crippen molar-refractivity contribution in [1.82, 2.24) is 4.90 Å². The molecule has 0 bridgehead atoms. The summed E-state index contributed by atoms with van der Waals surface area (Å²) in [6.07, 6.45) is 1.31. The van der Waals surface area contributed by atoms with Gasteiger partial charge in [-0.15, -0.1) is 0 Å². The van der Waals surface area contributed by atoms with E-state index < -0.39 is 11.9 Å². The molecule has 0 saturated carbocycles. The molecule has 8 heteroatoms. The summed E-state index contributed by atoms with van der Waals surface area (Å²) in [6, 6.07) is 6.70. The minimum absolute atomic E-state index is 0.0841. The number of amides is 2. The zero-order valence-corrected chi connectivity index (χ0v) is 15.0. The first-order valence-corrected chi connectivity index (χ1v) is 8.99. The van der Waals surface area contributed by atoms with Gasteiger partial charge in [0.2, 0.25) is 11.8 Å². The number of hydrogen-bond donors (Lipinski definition) is 1. The quantitative estimate of drug-likeness (QED) is 0.841. The molecule has 1 aromatic carbocycles. The lowest BCUT2D eigenvalue weighted by Gasteiger charge is -2.34. The van der Waals surface area contributed by atoms with Gasteiger partial charge in [0, 0.05) is 42.9 Å². The molecule has 0 aliphatic carbocycles. The summed E-state index contributed by atoms with van der Waals surface area (Å²) in [4.78, 5) is 39.6. The number of nitrogens with zero attached hydrogens (tertiary/aromatic N) is 2. The van der Waals surface area contributed by atoms with Crippen LogP contribution < -0.4 is 4.90 Å². The van der Waals surface area contributed by atoms with Crippen LogP contribution in [-0.4, -0.2) is 60.1 Å². The fourth-order valence-electron chi connectivity index (χ4n) is 3.51. The van der Waals surface area contributed by atoms with Crippen LogP contribution in [0.5, 0.6) is 0 Å². The lowest BCUT2D eigenvalue weighted by molar-refractivity contribution is -0.149. The Labute approximate surface area is 156 Å². The van der Waals surface area contributed by atoms with Gasteiger partial charge in [0.05, 0.1) is 5.92 Å². The largest absolute Gasteiger partial charge is 0.480 e. The van der Waals surface area contributed by atoms with Crippen LogP contribution in [0.25, 0.3) is 0 Å². The topological polar surface area (TPSA) is 87.2 Å². The Morgan fingerprint density at radius 1 is 1.23 bits per heavy atom. The number of carboxylic acids is 1. The number of anilines is 1. The number of halogens is 1. The molecule has 0 spiro atoms. The third kappa shape index (κ3) is 4.16. The van der Waals surface area contributed by atoms with Crippen molar-refractivity contribution in [3.63, 3.8) is 0 Å². The van der Waals surface area contributed by atoms with Crippen molar-refractivity contribution in [2.75, 3.05) is 31.2 Å². The molecule has 1 N–H and O–H groups in total. The monoisotopic (exact) mass is 380 g/mol. The molecule has 2 fully saturated rings. The zero-order valence-electron chi connectivity index (χ0n) is 14.3. The van der Waals surface area contributed by atoms with E-state index in [0.29, 0.717) is 36.8 Å². The highest BCUT2D eigenvalue weighted by molar-refractivity contribution is 6.30. The number of rotatable bonds is 5. The summed E-state index contributed by atoms with van der Waals surface area (Å²) < 4.78 is 5.30. The second-order valence-electron chi connectivity index (χ2n) is 6.59. The van der Waals surface area contributed by atoms with Crippen LogP contribution in [0, 0.1) is 5.92 Å². The SMILES string of the molecule is O=C(O)CN(C(=O)C1CC(=O)N(c2ccc(Cl)cc2)C1)C1CCOCC1. The summed E-state index contributed by atoms with van der Waals surface area (Å²) in [5.41, 5.74) is 0.686. The minimum atomic E-state index is -1.05. The first-order valence-electron chi connectivity index (χ1n) is 8.61. The van der Waals surface area contributed by atoms with Crippen molar-refractivity contribution in [2.24, 2.45) is 5.92 Å². The summed E-state index contributed by atoms with van der Waals surface area (Å²) in [7, 11) is 0. The van der Waals surface area contributed by atoms with Crippen molar-refractivity contribution in [3.8, 4) is 0 Å². The van der Waals surface area contributed by atoms with E-state index in [9.17, 15) is 19.5 Å². The maximum absolute atomic E-state index is 13.0. The lowest BCUT2D eigenvalue weighted by Crippen LogP contribution is -2.48. The van der Waals surface area contributed by atoms with E-state index in [0.717, 1.165) is 0 Å². The fourth-order valence-corrected chi connectivity index (χ4v) is 3.63. The maximum atomic E-state index is 13.0. The first kappa shape index (κ1) is 18.7. The zero-order chi connectivity index (χ0) is 18.7. The summed E-state index contributed by atoms with van der Waals surface area (Å²) >= 11 is 5.88. The van der Waals surface area contributed by atoms with Crippen molar-refractivity contribution in [3.05, 3.63) is 29.3 Å². The molecule has 0 radical (unpaired) electrons. The fraction of sp³-hybridized carbons (Fsp3) is 0.500. The molecule has 1 aromatic rings. The molecular weight excluding hydrogens is 360 g/mol. The second-order valence-corrected chi connectivity index (χ2v) is 7.02. The number of carboxylic acid groups (broad SMARTS) is 1. The van der Waals surface area contributed by atoms with Gasteiger partial charge < -0.3 is 19.6 Å². The average molecular weight is 381 g/mol. The highest BCUT2D eigenvalue weighted by Crippen LogP contribution is 2.28. The van der Waals surface area contributed by atoms with Gasteiger partial charge in [-0.25, -0.2) is 0 Å². The highest BCUT2D eigenvalue weighted by Gasteiger charge is 2.39. The minimum Gasteiger partial charge on any atom is -0.480 e. The molecular formula is C18H21ClN2O5. The smallest absolute Gasteiger partial charge is 0.323 e. The predicted octanol–water partition coefficient (Wildman–Crippen LogP) is 1.79. The van der Waals surface area contributed by atoms with Crippen LogP contribution in [0.3, 0.4) is 0 Å². The standard InChI is InChI=1S/C18H21ClN2O5/c19-13-1-3-14(4-2-13)20-10-12(9-16(20)22)18(25)21(11-17(23)24)15-5-7-26-8-6-15/h1-4,12,15H,5-11H2,(H,23,24). The Hall–Kier alpha value is -2.12. The van der Waals surface area contributed by atoms with E-state index in [1.807, 2.05) is 0 Å². The van der Waals surface area contributed by atoms with E-state index in [-0.39, 0.29) is 37.4 Å². The third-order valence-electron chi connectivity index (χ3n) is 4.83. The van der Waals surface area contributed by atoms with Gasteiger partial charge >= 0.3 is 5.97 Å². The van der Waals surface area contributed by atoms with Gasteiger partial charge in [-0.2, -0.15) is 0 Å². The van der Waals surface area contributed by atoms with E-state index in [1.54, 1.807) is 29.2 Å². The van der Waals surface area contributed by atoms with Crippen LogP contribution >= 0.6 is 11.6 Å². The molecule has 0 aromatic heterocycles. The van der Waals surface area contributed by atoms with Crippen LogP contribution in [0.2, 0.25) is 5.02 Å². The molecule has 2 heterocycles. The van der Waals surface area contributed by atoms with E-state index >= 15 is 0 Å². The Morgan fingerprint density at radius 2 is 1.88 bits per heavy atom. The number of benzene rings is 1. The third-order valence-corrected chi connectivity index (χ3v) is 5.08. The van der Waals surface area contributed by atoms with Crippen LogP contribution in [0.4, 0.5) is 5.69 Å². The molecule has 2 aliphatic rings. The Balaban J connectivity index is 1.73. The number of carbonyl (C=O) groups is 3. The van der Waals surface area contributed by atoms with Crippen molar-refractivity contribution < 1.29 is 24.2 Å². The Bertz CT molecular complexity index is 687. The summed E-state index contributed by atoms with van der Waals surface area (Å²) in [5, 5.41) is 9.77. The predicted molar refractivity (Wildman–Crippen MR) is 95.1 cm³/mol. The molecule has 140 valence electrons. The number of carbonyl (C=O) groups excluding carboxylic acids is 2. The molecule has 2 saturated heterocycles. The van der Waals surface area contributed by atoms with Crippen molar-refractivity contribution >= 4 is 35.1 Å². The lowest BCUT2D eigenvalue weighted by atomic mass is 10.0. The van der Waals surface area contributed by atoms with Gasteiger partial charge in [0.25, 0.3) is 0 Å². The first-order chi connectivity index (χ1) is 12.5. The molecule has 7 nitrogen and oxygen atoms in total. The Kier molecular flexibility index (Phi) is 5.78. The van der Waals surface area contributed by atoms with E-state index in [2.05, 4.69) is 0 Å². The summed E-state index contributed by atoms with van der Waals surface area (Å²) in [5.74, 6) is -2.01. The van der Waals surface area contributed by atoms with Gasteiger partial charge in [-0.05, 0) is 37.1 Å². The Morgan fingerprint density at radius 3 is 2.50 bits per heavy atom. The second kappa shape index (κ2) is 8.05. The molecule has 2 aliphatic heterocycles.